The molecule has 2 aromatic heterocycles. The first-order valence-corrected chi connectivity index (χ1v) is 7.11. The lowest BCUT2D eigenvalue weighted by molar-refractivity contribution is 0.0357. The van der Waals surface area contributed by atoms with Crippen LogP contribution in [0, 0.1) is 0 Å². The Bertz CT molecular complexity index is 572. The molecule has 20 heavy (non-hydrogen) atoms. The van der Waals surface area contributed by atoms with E-state index in [1.54, 1.807) is 14.0 Å². The summed E-state index contributed by atoms with van der Waals surface area (Å²) in [7, 11) is 1.61. The number of hydrogen-bond acceptors (Lipinski definition) is 8. The molecule has 0 spiro atoms. The maximum absolute atomic E-state index is 10.2. The second-order valence-electron chi connectivity index (χ2n) is 4.77. The Balaban J connectivity index is 2.14. The molecule has 110 valence electrons. The predicted octanol–water partition coefficient (Wildman–Crippen LogP) is 1.18. The number of aromatic nitrogens is 2. The van der Waals surface area contributed by atoms with Gasteiger partial charge in [0.15, 0.2) is 0 Å². The number of nitrogens with two attached hydrogens (primary N) is 1. The number of nitrogen functional groups attached to an aromatic ring is 1. The van der Waals surface area contributed by atoms with Crippen LogP contribution in [0.2, 0.25) is 0 Å². The van der Waals surface area contributed by atoms with Crippen molar-refractivity contribution < 1.29 is 9.84 Å². The number of methoxy groups -OCH3 is 1. The van der Waals surface area contributed by atoms with Crippen molar-refractivity contribution in [1.82, 2.24) is 9.97 Å². The lowest BCUT2D eigenvalue weighted by atomic mass is 10.0. The normalized spacial score (nSPS) is 14.2. The molecular weight excluding hydrogens is 278 g/mol. The van der Waals surface area contributed by atoms with Crippen molar-refractivity contribution in [1.29, 1.82) is 0 Å². The van der Waals surface area contributed by atoms with Gasteiger partial charge in [0.1, 0.15) is 5.82 Å². The van der Waals surface area contributed by atoms with Crippen LogP contribution in [0.15, 0.2) is 11.4 Å². The number of hydrogen-bond donors (Lipinski definition) is 4. The quantitative estimate of drug-likeness (QED) is 0.449. The molecule has 1 atom stereocenters. The molecule has 0 radical (unpaired) electrons. The molecule has 0 saturated heterocycles. The molecule has 0 aliphatic heterocycles. The van der Waals surface area contributed by atoms with Crippen molar-refractivity contribution in [2.24, 2.45) is 5.84 Å². The average molecular weight is 297 g/mol. The van der Waals surface area contributed by atoms with Crippen LogP contribution in [0.25, 0.3) is 10.2 Å². The summed E-state index contributed by atoms with van der Waals surface area (Å²) in [6.45, 7) is 2.63. The number of anilines is 2. The van der Waals surface area contributed by atoms with E-state index in [-0.39, 0.29) is 0 Å². The third-order valence-corrected chi connectivity index (χ3v) is 3.82. The van der Waals surface area contributed by atoms with Crippen LogP contribution in [-0.4, -0.2) is 40.9 Å². The summed E-state index contributed by atoms with van der Waals surface area (Å²) in [5.41, 5.74) is 2.38. The summed E-state index contributed by atoms with van der Waals surface area (Å²) in [5.74, 6) is 6.37. The second-order valence-corrected chi connectivity index (χ2v) is 5.68. The Kier molecular flexibility index (Phi) is 4.71. The third kappa shape index (κ3) is 3.54. The first-order valence-electron chi connectivity index (χ1n) is 6.23. The lowest BCUT2D eigenvalue weighted by Crippen LogP contribution is -2.35. The standard InChI is InChI=1S/C12H19N5O2S/c1-12(18,4-5-19-2)7-14-10-9-8(3-6-20-9)15-11(16-10)17-13/h3,6,18H,4-5,7,13H2,1-2H3,(H2,14,15,16,17). The SMILES string of the molecule is COCCC(C)(O)CNc1nc(NN)nc2ccsc12. The Morgan fingerprint density at radius 1 is 1.50 bits per heavy atom. The van der Waals surface area contributed by atoms with Crippen LogP contribution in [0.1, 0.15) is 13.3 Å². The number of rotatable bonds is 7. The molecule has 2 heterocycles. The highest BCUT2D eigenvalue weighted by atomic mass is 32.1. The Labute approximate surface area is 121 Å². The molecule has 0 aliphatic carbocycles. The topological polar surface area (TPSA) is 105 Å². The number of nitrogens with zero attached hydrogens (tertiary/aromatic N) is 2. The van der Waals surface area contributed by atoms with Gasteiger partial charge in [-0.3, -0.25) is 5.43 Å². The Hall–Kier alpha value is -1.48. The van der Waals surface area contributed by atoms with Gasteiger partial charge in [-0.05, 0) is 18.4 Å². The number of fused-ring (bicyclic) bond motifs is 1. The fourth-order valence-electron chi connectivity index (χ4n) is 1.73. The average Bonchev–Trinajstić information content (AvgIpc) is 2.90. The van der Waals surface area contributed by atoms with Gasteiger partial charge in [-0.15, -0.1) is 11.3 Å². The molecule has 7 nitrogen and oxygen atoms in total. The van der Waals surface area contributed by atoms with E-state index < -0.39 is 5.60 Å². The molecule has 0 amide bonds. The molecule has 8 heteroatoms. The predicted molar refractivity (Wildman–Crippen MR) is 80.8 cm³/mol. The molecule has 2 rings (SSSR count). The molecule has 0 fully saturated rings. The van der Waals surface area contributed by atoms with E-state index in [4.69, 9.17) is 10.6 Å². The minimum absolute atomic E-state index is 0.343. The Morgan fingerprint density at radius 2 is 2.30 bits per heavy atom. The van der Waals surface area contributed by atoms with Crippen molar-refractivity contribution in [2.75, 3.05) is 31.0 Å². The van der Waals surface area contributed by atoms with Gasteiger partial charge in [0.05, 0.1) is 15.8 Å². The third-order valence-electron chi connectivity index (χ3n) is 2.91. The van der Waals surface area contributed by atoms with Crippen molar-refractivity contribution in [2.45, 2.75) is 18.9 Å². The maximum Gasteiger partial charge on any atom is 0.239 e. The maximum atomic E-state index is 10.2. The fourth-order valence-corrected chi connectivity index (χ4v) is 2.53. The first-order chi connectivity index (χ1) is 9.55. The number of nitrogens with one attached hydrogen (secondary N) is 2. The lowest BCUT2D eigenvalue weighted by Gasteiger charge is -2.23. The van der Waals surface area contributed by atoms with Crippen molar-refractivity contribution in [3.63, 3.8) is 0 Å². The number of hydrazine groups is 1. The van der Waals surface area contributed by atoms with Crippen LogP contribution in [0.3, 0.4) is 0 Å². The zero-order valence-corrected chi connectivity index (χ0v) is 12.3. The minimum Gasteiger partial charge on any atom is -0.388 e. The molecule has 0 bridgehead atoms. The molecular formula is C12H19N5O2S. The van der Waals surface area contributed by atoms with Gasteiger partial charge in [-0.2, -0.15) is 4.98 Å². The summed E-state index contributed by atoms with van der Waals surface area (Å²) in [4.78, 5) is 8.53. The monoisotopic (exact) mass is 297 g/mol. The van der Waals surface area contributed by atoms with Crippen LogP contribution >= 0.6 is 11.3 Å². The molecule has 0 saturated carbocycles. The van der Waals surface area contributed by atoms with Gasteiger partial charge in [0.25, 0.3) is 0 Å². The highest BCUT2D eigenvalue weighted by Crippen LogP contribution is 2.27. The zero-order chi connectivity index (χ0) is 14.6. The van der Waals surface area contributed by atoms with Gasteiger partial charge >= 0.3 is 0 Å². The van der Waals surface area contributed by atoms with E-state index in [1.807, 2.05) is 11.4 Å². The number of ether oxygens (including phenoxy) is 1. The second kappa shape index (κ2) is 6.31. The van der Waals surface area contributed by atoms with Gasteiger partial charge < -0.3 is 15.2 Å². The van der Waals surface area contributed by atoms with E-state index in [2.05, 4.69) is 20.7 Å². The molecule has 0 aliphatic rings. The van der Waals surface area contributed by atoms with E-state index >= 15 is 0 Å². The summed E-state index contributed by atoms with van der Waals surface area (Å²) in [6, 6.07) is 1.90. The van der Waals surface area contributed by atoms with Crippen LogP contribution in [0.4, 0.5) is 11.8 Å². The smallest absolute Gasteiger partial charge is 0.239 e. The van der Waals surface area contributed by atoms with Crippen molar-refractivity contribution in [3.8, 4) is 0 Å². The van der Waals surface area contributed by atoms with E-state index in [9.17, 15) is 5.11 Å². The Morgan fingerprint density at radius 3 is 3.00 bits per heavy atom. The fraction of sp³-hybridized carbons (Fsp3) is 0.500. The molecule has 0 aromatic carbocycles. The zero-order valence-electron chi connectivity index (χ0n) is 11.5. The number of thiophene rings is 1. The van der Waals surface area contributed by atoms with E-state index in [0.717, 1.165) is 10.2 Å². The molecule has 5 N–H and O–H groups in total. The van der Waals surface area contributed by atoms with Gasteiger partial charge in [0.2, 0.25) is 5.95 Å². The van der Waals surface area contributed by atoms with Crippen molar-refractivity contribution >= 4 is 33.3 Å². The van der Waals surface area contributed by atoms with Gasteiger partial charge in [0, 0.05) is 26.7 Å². The summed E-state index contributed by atoms with van der Waals surface area (Å²) in [5, 5.41) is 15.3. The van der Waals surface area contributed by atoms with E-state index in [1.165, 1.54) is 11.3 Å². The van der Waals surface area contributed by atoms with Crippen LogP contribution < -0.4 is 16.6 Å². The highest BCUT2D eigenvalue weighted by molar-refractivity contribution is 7.17. The first kappa shape index (κ1) is 14.9. The largest absolute Gasteiger partial charge is 0.388 e. The van der Waals surface area contributed by atoms with Gasteiger partial charge in [-0.25, -0.2) is 10.8 Å². The van der Waals surface area contributed by atoms with Crippen molar-refractivity contribution in [3.05, 3.63) is 11.4 Å². The van der Waals surface area contributed by atoms with E-state index in [0.29, 0.717) is 31.3 Å². The van der Waals surface area contributed by atoms with Crippen LogP contribution in [0.5, 0.6) is 0 Å². The highest BCUT2D eigenvalue weighted by Gasteiger charge is 2.20. The van der Waals surface area contributed by atoms with Crippen LogP contribution in [-0.2, 0) is 4.74 Å². The summed E-state index contributed by atoms with van der Waals surface area (Å²) in [6.07, 6.45) is 0.539. The molecule has 2 aromatic rings. The summed E-state index contributed by atoms with van der Waals surface area (Å²) >= 11 is 1.54. The number of aliphatic hydroxyl groups is 1. The minimum atomic E-state index is -0.874. The summed E-state index contributed by atoms with van der Waals surface area (Å²) < 4.78 is 5.92. The molecule has 1 unspecified atom stereocenters. The van der Waals surface area contributed by atoms with Gasteiger partial charge in [-0.1, -0.05) is 0 Å².